The number of methoxy groups -OCH3 is 1. The van der Waals surface area contributed by atoms with Gasteiger partial charge in [0.2, 0.25) is 0 Å². The number of ether oxygens (including phenoxy) is 1. The zero-order chi connectivity index (χ0) is 14.5. The number of sulfone groups is 1. The second-order valence-electron chi connectivity index (χ2n) is 3.98. The Morgan fingerprint density at radius 3 is 2.63 bits per heavy atom. The summed E-state index contributed by atoms with van der Waals surface area (Å²) < 4.78 is 28.7. The van der Waals surface area contributed by atoms with Gasteiger partial charge in [0.05, 0.1) is 36.2 Å². The van der Waals surface area contributed by atoms with Crippen LogP contribution in [0.1, 0.15) is 6.92 Å². The van der Waals surface area contributed by atoms with Crippen molar-refractivity contribution < 1.29 is 23.4 Å². The Kier molecular flexibility index (Phi) is 5.59. The van der Waals surface area contributed by atoms with E-state index in [-0.39, 0.29) is 23.8 Å². The number of hydrogen-bond acceptors (Lipinski definition) is 6. The van der Waals surface area contributed by atoms with Gasteiger partial charge in [0, 0.05) is 6.54 Å². The smallest absolute Gasteiger partial charge is 0.178 e. The number of nitrogens with one attached hydrogen (secondary N) is 1. The van der Waals surface area contributed by atoms with Crippen LogP contribution in [-0.2, 0) is 9.84 Å². The topological polar surface area (TPSA) is 95.9 Å². The maximum absolute atomic E-state index is 11.8. The van der Waals surface area contributed by atoms with Gasteiger partial charge >= 0.3 is 0 Å². The summed E-state index contributed by atoms with van der Waals surface area (Å²) in [5.41, 5.74) is 0.463. The van der Waals surface area contributed by atoms with Gasteiger partial charge in [-0.25, -0.2) is 8.42 Å². The van der Waals surface area contributed by atoms with Gasteiger partial charge in [-0.1, -0.05) is 6.92 Å². The van der Waals surface area contributed by atoms with E-state index in [4.69, 9.17) is 9.84 Å². The first kappa shape index (κ1) is 15.7. The lowest BCUT2D eigenvalue weighted by molar-refractivity contribution is 0.105. The van der Waals surface area contributed by atoms with E-state index < -0.39 is 15.9 Å². The van der Waals surface area contributed by atoms with Crippen LogP contribution in [-0.4, -0.2) is 50.7 Å². The quantitative estimate of drug-likeness (QED) is 0.666. The molecule has 1 aromatic carbocycles. The zero-order valence-electron chi connectivity index (χ0n) is 11.0. The number of aliphatic hydroxyl groups is 2. The normalized spacial score (nSPS) is 13.1. The van der Waals surface area contributed by atoms with Crippen molar-refractivity contribution in [2.45, 2.75) is 17.9 Å². The Morgan fingerprint density at radius 2 is 2.11 bits per heavy atom. The third-order valence-corrected chi connectivity index (χ3v) is 4.38. The molecular weight excluding hydrogens is 270 g/mol. The fraction of sp³-hybridized carbons (Fsp3) is 0.500. The molecule has 1 unspecified atom stereocenters. The summed E-state index contributed by atoms with van der Waals surface area (Å²) in [4.78, 5) is 0.191. The highest BCUT2D eigenvalue weighted by atomic mass is 32.2. The molecule has 0 fully saturated rings. The van der Waals surface area contributed by atoms with Gasteiger partial charge in [-0.3, -0.25) is 0 Å². The average molecular weight is 289 g/mol. The molecule has 1 aromatic rings. The van der Waals surface area contributed by atoms with Crippen LogP contribution in [0.25, 0.3) is 0 Å². The fourth-order valence-corrected chi connectivity index (χ4v) is 2.38. The van der Waals surface area contributed by atoms with Gasteiger partial charge in [0.25, 0.3) is 0 Å². The van der Waals surface area contributed by atoms with Crippen molar-refractivity contribution in [3.63, 3.8) is 0 Å². The molecule has 0 bridgehead atoms. The predicted molar refractivity (Wildman–Crippen MR) is 72.3 cm³/mol. The maximum atomic E-state index is 11.8. The summed E-state index contributed by atoms with van der Waals surface area (Å²) in [7, 11) is -1.83. The number of anilines is 1. The van der Waals surface area contributed by atoms with E-state index in [1.807, 2.05) is 0 Å². The molecule has 0 aliphatic rings. The average Bonchev–Trinajstić information content (AvgIpc) is 2.44. The van der Waals surface area contributed by atoms with Gasteiger partial charge in [-0.2, -0.15) is 0 Å². The van der Waals surface area contributed by atoms with Crippen LogP contribution >= 0.6 is 0 Å². The number of aliphatic hydroxyl groups excluding tert-OH is 2. The molecule has 1 rings (SSSR count). The maximum Gasteiger partial charge on any atom is 0.178 e. The van der Waals surface area contributed by atoms with Crippen LogP contribution in [0.5, 0.6) is 5.75 Å². The van der Waals surface area contributed by atoms with E-state index in [1.54, 1.807) is 13.0 Å². The van der Waals surface area contributed by atoms with Crippen LogP contribution in [0.2, 0.25) is 0 Å². The molecule has 0 radical (unpaired) electrons. The Balaban J connectivity index is 3.03. The predicted octanol–water partition coefficient (Wildman–Crippen LogP) is 0.254. The first-order chi connectivity index (χ1) is 8.94. The fourth-order valence-electron chi connectivity index (χ4n) is 1.48. The van der Waals surface area contributed by atoms with E-state index >= 15 is 0 Å². The van der Waals surface area contributed by atoms with Gasteiger partial charge < -0.3 is 20.3 Å². The number of hydrogen-bond donors (Lipinski definition) is 3. The Morgan fingerprint density at radius 1 is 1.42 bits per heavy atom. The Labute approximate surface area is 112 Å². The third-order valence-electron chi connectivity index (χ3n) is 2.65. The molecule has 0 spiro atoms. The highest BCUT2D eigenvalue weighted by Gasteiger charge is 2.15. The monoisotopic (exact) mass is 289 g/mol. The summed E-state index contributed by atoms with van der Waals surface area (Å²) in [6.07, 6.45) is -0.920. The van der Waals surface area contributed by atoms with Crippen LogP contribution < -0.4 is 10.1 Å². The highest BCUT2D eigenvalue weighted by Crippen LogP contribution is 2.27. The molecule has 0 aromatic heterocycles. The lowest BCUT2D eigenvalue weighted by Gasteiger charge is -2.14. The SMILES string of the molecule is CCS(=O)(=O)c1ccc(OC)c(NCC(O)CO)c1. The molecule has 19 heavy (non-hydrogen) atoms. The van der Waals surface area contributed by atoms with E-state index in [2.05, 4.69) is 5.32 Å². The number of benzene rings is 1. The minimum absolute atomic E-state index is 0.0119. The summed E-state index contributed by atoms with van der Waals surface area (Å²) in [6, 6.07) is 4.49. The molecule has 6 nitrogen and oxygen atoms in total. The van der Waals surface area contributed by atoms with Crippen molar-refractivity contribution >= 4 is 15.5 Å². The molecule has 0 saturated carbocycles. The van der Waals surface area contributed by atoms with Crippen molar-refractivity contribution in [2.24, 2.45) is 0 Å². The molecular formula is C12H19NO5S. The van der Waals surface area contributed by atoms with Crippen molar-refractivity contribution in [1.82, 2.24) is 0 Å². The summed E-state index contributed by atoms with van der Waals surface area (Å²) in [5.74, 6) is 0.484. The standard InChI is InChI=1S/C12H19NO5S/c1-3-19(16,17)10-4-5-12(18-2)11(6-10)13-7-9(15)8-14/h4-6,9,13-15H,3,7-8H2,1-2H3. The van der Waals surface area contributed by atoms with Crippen LogP contribution in [0.3, 0.4) is 0 Å². The third kappa shape index (κ3) is 4.09. The molecule has 0 saturated heterocycles. The van der Waals surface area contributed by atoms with Crippen LogP contribution in [0.15, 0.2) is 23.1 Å². The first-order valence-electron chi connectivity index (χ1n) is 5.88. The number of rotatable bonds is 7. The molecule has 108 valence electrons. The highest BCUT2D eigenvalue weighted by molar-refractivity contribution is 7.91. The van der Waals surface area contributed by atoms with E-state index in [1.165, 1.54) is 19.2 Å². The lowest BCUT2D eigenvalue weighted by atomic mass is 10.2. The minimum Gasteiger partial charge on any atom is -0.495 e. The zero-order valence-corrected chi connectivity index (χ0v) is 11.8. The molecule has 7 heteroatoms. The van der Waals surface area contributed by atoms with Crippen molar-refractivity contribution in [3.8, 4) is 5.75 Å². The summed E-state index contributed by atoms with van der Waals surface area (Å²) in [6.45, 7) is 1.30. The molecule has 0 aliphatic heterocycles. The van der Waals surface area contributed by atoms with Gasteiger partial charge in [-0.15, -0.1) is 0 Å². The minimum atomic E-state index is -3.30. The molecule has 0 amide bonds. The summed E-state index contributed by atoms with van der Waals surface area (Å²) >= 11 is 0. The molecule has 3 N–H and O–H groups in total. The van der Waals surface area contributed by atoms with Crippen LogP contribution in [0, 0.1) is 0 Å². The van der Waals surface area contributed by atoms with Gasteiger partial charge in [0.1, 0.15) is 5.75 Å². The van der Waals surface area contributed by atoms with Gasteiger partial charge in [-0.05, 0) is 18.2 Å². The van der Waals surface area contributed by atoms with E-state index in [0.29, 0.717) is 11.4 Å². The Hall–Kier alpha value is -1.31. The van der Waals surface area contributed by atoms with E-state index in [0.717, 1.165) is 0 Å². The molecule has 0 heterocycles. The second-order valence-corrected chi connectivity index (χ2v) is 6.26. The first-order valence-corrected chi connectivity index (χ1v) is 7.53. The molecule has 0 aliphatic carbocycles. The van der Waals surface area contributed by atoms with Crippen LogP contribution in [0.4, 0.5) is 5.69 Å². The van der Waals surface area contributed by atoms with Crippen molar-refractivity contribution in [3.05, 3.63) is 18.2 Å². The van der Waals surface area contributed by atoms with Gasteiger partial charge in [0.15, 0.2) is 9.84 Å². The largest absolute Gasteiger partial charge is 0.495 e. The lowest BCUT2D eigenvalue weighted by Crippen LogP contribution is -2.23. The van der Waals surface area contributed by atoms with Crippen molar-refractivity contribution in [1.29, 1.82) is 0 Å². The second kappa shape index (κ2) is 6.74. The summed E-state index contributed by atoms with van der Waals surface area (Å²) in [5, 5.41) is 20.9. The van der Waals surface area contributed by atoms with Crippen molar-refractivity contribution in [2.75, 3.05) is 31.3 Å². The Bertz CT molecular complexity index is 515. The molecule has 1 atom stereocenters. The van der Waals surface area contributed by atoms with E-state index in [9.17, 15) is 13.5 Å².